The maximum absolute atomic E-state index is 11.7. The number of amides is 1. The third kappa shape index (κ3) is 8.45. The van der Waals surface area contributed by atoms with E-state index in [0.29, 0.717) is 13.0 Å². The van der Waals surface area contributed by atoms with Crippen LogP contribution < -0.4 is 0 Å². The van der Waals surface area contributed by atoms with Crippen molar-refractivity contribution < 1.29 is 9.53 Å². The van der Waals surface area contributed by atoms with E-state index in [1.54, 1.807) is 0 Å². The molecule has 0 aliphatic heterocycles. The van der Waals surface area contributed by atoms with Crippen LogP contribution in [0.4, 0.5) is 0 Å². The second-order valence-corrected chi connectivity index (χ2v) is 5.40. The fourth-order valence-corrected chi connectivity index (χ4v) is 2.24. The highest BCUT2D eigenvalue weighted by Crippen LogP contribution is 2.10. The van der Waals surface area contributed by atoms with Crippen molar-refractivity contribution in [2.75, 3.05) is 31.2 Å². The third-order valence-electron chi connectivity index (χ3n) is 2.69. The molecule has 0 saturated carbocycles. The Bertz CT molecular complexity index is 240. The van der Waals surface area contributed by atoms with Crippen LogP contribution in [0.3, 0.4) is 0 Å². The van der Waals surface area contributed by atoms with Crippen LogP contribution in [0.15, 0.2) is 12.3 Å². The van der Waals surface area contributed by atoms with E-state index in [9.17, 15) is 4.79 Å². The lowest BCUT2D eigenvalue weighted by molar-refractivity contribution is -0.131. The summed E-state index contributed by atoms with van der Waals surface area (Å²) in [5.74, 6) is 3.27. The molecular formula is C14H27NO2S. The van der Waals surface area contributed by atoms with Gasteiger partial charge >= 0.3 is 0 Å². The topological polar surface area (TPSA) is 29.5 Å². The number of hydrogen-bond donors (Lipinski definition) is 0. The van der Waals surface area contributed by atoms with Crippen molar-refractivity contribution in [2.24, 2.45) is 0 Å². The van der Waals surface area contributed by atoms with Gasteiger partial charge < -0.3 is 9.64 Å². The van der Waals surface area contributed by atoms with Crippen molar-refractivity contribution in [2.45, 2.75) is 40.0 Å². The molecule has 0 heterocycles. The first-order valence-electron chi connectivity index (χ1n) is 6.81. The number of rotatable bonds is 11. The maximum Gasteiger partial charge on any atom is 0.225 e. The molecule has 0 N–H and O–H groups in total. The van der Waals surface area contributed by atoms with E-state index in [2.05, 4.69) is 13.5 Å². The van der Waals surface area contributed by atoms with Gasteiger partial charge in [-0.2, -0.15) is 11.8 Å². The average molecular weight is 273 g/mol. The fourth-order valence-electron chi connectivity index (χ4n) is 1.61. The Morgan fingerprint density at radius 1 is 1.22 bits per heavy atom. The molecule has 0 aliphatic rings. The van der Waals surface area contributed by atoms with Crippen molar-refractivity contribution in [3.63, 3.8) is 0 Å². The van der Waals surface area contributed by atoms with Gasteiger partial charge in [-0.1, -0.05) is 13.5 Å². The van der Waals surface area contributed by atoms with E-state index < -0.39 is 0 Å². The predicted molar refractivity (Wildman–Crippen MR) is 79.9 cm³/mol. The summed E-state index contributed by atoms with van der Waals surface area (Å²) >= 11 is 1.93. The van der Waals surface area contributed by atoms with Gasteiger partial charge in [-0.05, 0) is 31.8 Å². The van der Waals surface area contributed by atoms with E-state index in [0.717, 1.165) is 43.2 Å². The number of thioether (sulfide) groups is 1. The van der Waals surface area contributed by atoms with Crippen molar-refractivity contribution >= 4 is 17.7 Å². The lowest BCUT2D eigenvalue weighted by Gasteiger charge is -2.18. The molecule has 0 aromatic carbocycles. The van der Waals surface area contributed by atoms with Crippen LogP contribution in [0.5, 0.6) is 0 Å². The van der Waals surface area contributed by atoms with Gasteiger partial charge in [0.25, 0.3) is 0 Å². The minimum Gasteiger partial charge on any atom is -0.498 e. The molecule has 18 heavy (non-hydrogen) atoms. The highest BCUT2D eigenvalue weighted by Gasteiger charge is 2.09. The summed E-state index contributed by atoms with van der Waals surface area (Å²) in [6.45, 7) is 12.0. The summed E-state index contributed by atoms with van der Waals surface area (Å²) in [6, 6.07) is 0. The number of carbonyl (C=O) groups is 1. The molecule has 106 valence electrons. The highest BCUT2D eigenvalue weighted by atomic mass is 32.2. The van der Waals surface area contributed by atoms with Crippen LogP contribution in [0.1, 0.15) is 40.0 Å². The van der Waals surface area contributed by atoms with E-state index >= 15 is 0 Å². The zero-order valence-corrected chi connectivity index (χ0v) is 12.9. The van der Waals surface area contributed by atoms with Gasteiger partial charge in [-0.25, -0.2) is 0 Å². The lowest BCUT2D eigenvalue weighted by Crippen LogP contribution is -2.31. The van der Waals surface area contributed by atoms with Crippen LogP contribution in [0, 0.1) is 0 Å². The number of carbonyl (C=O) groups excluding carboxylic acids is 1. The first-order valence-corrected chi connectivity index (χ1v) is 7.97. The Kier molecular flexibility index (Phi) is 11.0. The number of ether oxygens (including phenoxy) is 1. The minimum absolute atomic E-state index is 0.161. The summed E-state index contributed by atoms with van der Waals surface area (Å²) in [7, 11) is 0. The second-order valence-electron chi connectivity index (χ2n) is 4.00. The van der Waals surface area contributed by atoms with Gasteiger partial charge in [0.15, 0.2) is 0 Å². The van der Waals surface area contributed by atoms with E-state index in [-0.39, 0.29) is 5.91 Å². The standard InChI is InChI=1S/C14H27NO2S/c1-5-15(6-2)14(16)10-11-17-13(4)9-8-12-18-7-3/h4-12H2,1-3H3. The molecule has 4 heteroatoms. The molecule has 0 spiro atoms. The number of hydrogen-bond acceptors (Lipinski definition) is 3. The minimum atomic E-state index is 0.161. The predicted octanol–water partition coefficient (Wildman–Crippen LogP) is 3.31. The fraction of sp³-hybridized carbons (Fsp3) is 0.786. The first kappa shape index (κ1) is 17.4. The molecule has 0 aliphatic carbocycles. The van der Waals surface area contributed by atoms with Crippen LogP contribution in [-0.4, -0.2) is 42.0 Å². The molecule has 0 saturated heterocycles. The quantitative estimate of drug-likeness (QED) is 0.427. The summed E-state index contributed by atoms with van der Waals surface area (Å²) in [4.78, 5) is 13.5. The van der Waals surface area contributed by atoms with Gasteiger partial charge in [0, 0.05) is 19.5 Å². The second kappa shape index (κ2) is 11.5. The third-order valence-corrected chi connectivity index (χ3v) is 3.67. The Labute approximate surface area is 116 Å². The summed E-state index contributed by atoms with van der Waals surface area (Å²) in [6.07, 6.45) is 2.44. The number of allylic oxidation sites excluding steroid dienone is 1. The van der Waals surface area contributed by atoms with Crippen molar-refractivity contribution in [3.8, 4) is 0 Å². The van der Waals surface area contributed by atoms with Crippen LogP contribution >= 0.6 is 11.8 Å². The average Bonchev–Trinajstić information content (AvgIpc) is 2.36. The smallest absolute Gasteiger partial charge is 0.225 e. The first-order chi connectivity index (χ1) is 8.65. The Hall–Kier alpha value is -0.640. The molecule has 3 nitrogen and oxygen atoms in total. The Morgan fingerprint density at radius 3 is 2.44 bits per heavy atom. The SMILES string of the molecule is C=C(CCCSCC)OCCC(=O)N(CC)CC. The van der Waals surface area contributed by atoms with Crippen molar-refractivity contribution in [3.05, 3.63) is 12.3 Å². The van der Waals surface area contributed by atoms with E-state index in [1.165, 1.54) is 0 Å². The lowest BCUT2D eigenvalue weighted by atomic mass is 10.3. The summed E-state index contributed by atoms with van der Waals surface area (Å²) in [5.41, 5.74) is 0. The van der Waals surface area contributed by atoms with Gasteiger partial charge in [-0.3, -0.25) is 4.79 Å². The van der Waals surface area contributed by atoms with Crippen LogP contribution in [-0.2, 0) is 9.53 Å². The number of nitrogens with zero attached hydrogens (tertiary/aromatic N) is 1. The molecule has 0 radical (unpaired) electrons. The van der Waals surface area contributed by atoms with E-state index in [1.807, 2.05) is 30.5 Å². The highest BCUT2D eigenvalue weighted by molar-refractivity contribution is 7.99. The summed E-state index contributed by atoms with van der Waals surface area (Å²) in [5, 5.41) is 0. The zero-order chi connectivity index (χ0) is 13.8. The van der Waals surface area contributed by atoms with Gasteiger partial charge in [0.2, 0.25) is 5.91 Å². The molecular weight excluding hydrogens is 246 g/mol. The molecule has 0 unspecified atom stereocenters. The van der Waals surface area contributed by atoms with Crippen LogP contribution in [0.25, 0.3) is 0 Å². The van der Waals surface area contributed by atoms with Crippen molar-refractivity contribution in [1.82, 2.24) is 4.90 Å². The van der Waals surface area contributed by atoms with Crippen LogP contribution in [0.2, 0.25) is 0 Å². The molecule has 0 rings (SSSR count). The molecule has 0 fully saturated rings. The summed E-state index contributed by atoms with van der Waals surface area (Å²) < 4.78 is 5.48. The molecule has 0 atom stereocenters. The molecule has 0 aromatic heterocycles. The normalized spacial score (nSPS) is 10.2. The monoisotopic (exact) mass is 273 g/mol. The zero-order valence-electron chi connectivity index (χ0n) is 12.0. The van der Waals surface area contributed by atoms with E-state index in [4.69, 9.17) is 4.74 Å². The van der Waals surface area contributed by atoms with Gasteiger partial charge in [0.1, 0.15) is 0 Å². The molecule has 0 aromatic rings. The van der Waals surface area contributed by atoms with Gasteiger partial charge in [-0.15, -0.1) is 0 Å². The maximum atomic E-state index is 11.7. The molecule has 1 amide bonds. The van der Waals surface area contributed by atoms with Gasteiger partial charge in [0.05, 0.1) is 18.8 Å². The Balaban J connectivity index is 3.58. The Morgan fingerprint density at radius 2 is 1.89 bits per heavy atom. The largest absolute Gasteiger partial charge is 0.498 e. The van der Waals surface area contributed by atoms with Crippen molar-refractivity contribution in [1.29, 1.82) is 0 Å². The molecule has 0 bridgehead atoms.